The number of amides is 1. The van der Waals surface area contributed by atoms with E-state index in [2.05, 4.69) is 21.2 Å². The number of carbonyl (C=O) groups is 1. The highest BCUT2D eigenvalue weighted by atomic mass is 79.9. The van der Waals surface area contributed by atoms with E-state index in [0.717, 1.165) is 9.86 Å². The molecule has 5 heteroatoms. The third-order valence-electron chi connectivity index (χ3n) is 2.75. The van der Waals surface area contributed by atoms with Crippen LogP contribution in [0.5, 0.6) is 0 Å². The molecule has 1 atom stereocenters. The lowest BCUT2D eigenvalue weighted by Gasteiger charge is -2.12. The van der Waals surface area contributed by atoms with Gasteiger partial charge < -0.3 is 14.8 Å². The maximum atomic E-state index is 11.9. The van der Waals surface area contributed by atoms with Gasteiger partial charge in [-0.25, -0.2) is 0 Å². The van der Waals surface area contributed by atoms with Crippen molar-refractivity contribution in [3.05, 3.63) is 34.5 Å². The number of rotatable bonds is 4. The summed E-state index contributed by atoms with van der Waals surface area (Å²) in [6.45, 7) is 1.82. The van der Waals surface area contributed by atoms with Gasteiger partial charge in [-0.05, 0) is 30.7 Å². The van der Waals surface area contributed by atoms with Crippen molar-refractivity contribution in [2.75, 3.05) is 6.61 Å². The van der Waals surface area contributed by atoms with Gasteiger partial charge in [0.25, 0.3) is 5.91 Å². The van der Waals surface area contributed by atoms with Crippen LogP contribution < -0.4 is 5.32 Å². The van der Waals surface area contributed by atoms with E-state index in [1.807, 2.05) is 19.1 Å². The zero-order valence-corrected chi connectivity index (χ0v) is 11.5. The van der Waals surface area contributed by atoms with Crippen molar-refractivity contribution in [3.8, 4) is 0 Å². The predicted octanol–water partition coefficient (Wildman–Crippen LogP) is 2.70. The van der Waals surface area contributed by atoms with E-state index in [9.17, 15) is 4.79 Å². The topological polar surface area (TPSA) is 62.5 Å². The number of nitrogens with one attached hydrogen (secondary N) is 1. The summed E-state index contributed by atoms with van der Waals surface area (Å²) >= 11 is 3.37. The highest BCUT2D eigenvalue weighted by Crippen LogP contribution is 2.23. The number of fused-ring (bicyclic) bond motifs is 1. The SMILES string of the molecule is CCC(CO)NC(=O)c1cc2cc(Br)ccc2o1. The number of carbonyl (C=O) groups excluding carboxylic acids is 1. The first-order valence-electron chi connectivity index (χ1n) is 5.75. The van der Waals surface area contributed by atoms with Crippen molar-refractivity contribution in [1.29, 1.82) is 0 Å². The Morgan fingerprint density at radius 1 is 1.50 bits per heavy atom. The average molecular weight is 312 g/mol. The maximum absolute atomic E-state index is 11.9. The molecule has 0 radical (unpaired) electrons. The summed E-state index contributed by atoms with van der Waals surface area (Å²) in [5.41, 5.74) is 0.667. The van der Waals surface area contributed by atoms with Crippen LogP contribution in [0.15, 0.2) is 33.2 Å². The molecule has 0 aliphatic carbocycles. The zero-order valence-electron chi connectivity index (χ0n) is 9.94. The van der Waals surface area contributed by atoms with Gasteiger partial charge in [0.2, 0.25) is 0 Å². The lowest BCUT2D eigenvalue weighted by atomic mass is 10.2. The quantitative estimate of drug-likeness (QED) is 0.912. The number of benzene rings is 1. The normalized spacial score (nSPS) is 12.6. The van der Waals surface area contributed by atoms with Crippen LogP contribution >= 0.6 is 15.9 Å². The van der Waals surface area contributed by atoms with Crippen LogP contribution in [-0.4, -0.2) is 23.7 Å². The molecule has 1 aromatic carbocycles. The number of aliphatic hydroxyl groups excluding tert-OH is 1. The van der Waals surface area contributed by atoms with Crippen LogP contribution in [0.4, 0.5) is 0 Å². The molecule has 0 aliphatic rings. The molecule has 2 rings (SSSR count). The molecule has 2 N–H and O–H groups in total. The van der Waals surface area contributed by atoms with E-state index in [0.29, 0.717) is 12.0 Å². The molecule has 1 amide bonds. The molecule has 0 spiro atoms. The third kappa shape index (κ3) is 2.73. The average Bonchev–Trinajstić information content (AvgIpc) is 2.78. The third-order valence-corrected chi connectivity index (χ3v) is 3.24. The van der Waals surface area contributed by atoms with E-state index in [1.54, 1.807) is 12.1 Å². The molecule has 2 aromatic rings. The number of hydrogen-bond acceptors (Lipinski definition) is 3. The molecule has 1 heterocycles. The van der Waals surface area contributed by atoms with E-state index >= 15 is 0 Å². The molecular weight excluding hydrogens is 298 g/mol. The summed E-state index contributed by atoms with van der Waals surface area (Å²) in [7, 11) is 0. The molecule has 0 bridgehead atoms. The Labute approximate surface area is 113 Å². The lowest BCUT2D eigenvalue weighted by molar-refractivity contribution is 0.0889. The van der Waals surface area contributed by atoms with Gasteiger partial charge in [-0.3, -0.25) is 4.79 Å². The summed E-state index contributed by atoms with van der Waals surface area (Å²) in [5, 5.41) is 12.6. The van der Waals surface area contributed by atoms with Crippen molar-refractivity contribution in [2.45, 2.75) is 19.4 Å². The fourth-order valence-electron chi connectivity index (χ4n) is 1.66. The second-order valence-corrected chi connectivity index (χ2v) is 4.97. The van der Waals surface area contributed by atoms with Crippen molar-refractivity contribution in [3.63, 3.8) is 0 Å². The van der Waals surface area contributed by atoms with Crippen LogP contribution in [0.1, 0.15) is 23.9 Å². The van der Waals surface area contributed by atoms with Crippen molar-refractivity contribution < 1.29 is 14.3 Å². The van der Waals surface area contributed by atoms with Gasteiger partial charge in [-0.1, -0.05) is 22.9 Å². The van der Waals surface area contributed by atoms with Crippen LogP contribution in [0.25, 0.3) is 11.0 Å². The monoisotopic (exact) mass is 311 g/mol. The van der Waals surface area contributed by atoms with Crippen LogP contribution in [0.3, 0.4) is 0 Å². The van der Waals surface area contributed by atoms with Gasteiger partial charge in [-0.2, -0.15) is 0 Å². The van der Waals surface area contributed by atoms with Gasteiger partial charge >= 0.3 is 0 Å². The molecule has 1 unspecified atom stereocenters. The zero-order chi connectivity index (χ0) is 13.1. The highest BCUT2D eigenvalue weighted by molar-refractivity contribution is 9.10. The lowest BCUT2D eigenvalue weighted by Crippen LogP contribution is -2.36. The Balaban J connectivity index is 2.23. The minimum absolute atomic E-state index is 0.0754. The Bertz CT molecular complexity index is 560. The molecular formula is C13H14BrNO3. The molecule has 0 saturated carbocycles. The van der Waals surface area contributed by atoms with E-state index in [4.69, 9.17) is 9.52 Å². The molecule has 96 valence electrons. The number of furan rings is 1. The maximum Gasteiger partial charge on any atom is 0.287 e. The predicted molar refractivity (Wildman–Crippen MR) is 72.5 cm³/mol. The summed E-state index contributed by atoms with van der Waals surface area (Å²) in [5.74, 6) is -0.0433. The first kappa shape index (κ1) is 13.1. The molecule has 18 heavy (non-hydrogen) atoms. The standard InChI is InChI=1S/C13H14BrNO3/c1-2-10(7-16)15-13(17)12-6-8-5-9(14)3-4-11(8)18-12/h3-6,10,16H,2,7H2,1H3,(H,15,17). The minimum atomic E-state index is -0.303. The summed E-state index contributed by atoms with van der Waals surface area (Å²) in [4.78, 5) is 11.9. The second-order valence-electron chi connectivity index (χ2n) is 4.05. The minimum Gasteiger partial charge on any atom is -0.451 e. The summed E-state index contributed by atoms with van der Waals surface area (Å²) in [6, 6.07) is 7.01. The van der Waals surface area contributed by atoms with Gasteiger partial charge in [0.05, 0.1) is 12.6 Å². The fraction of sp³-hybridized carbons (Fsp3) is 0.308. The van der Waals surface area contributed by atoms with E-state index in [-0.39, 0.29) is 24.3 Å². The highest BCUT2D eigenvalue weighted by Gasteiger charge is 2.15. The molecule has 4 nitrogen and oxygen atoms in total. The van der Waals surface area contributed by atoms with Gasteiger partial charge in [0.15, 0.2) is 5.76 Å². The number of hydrogen-bond donors (Lipinski definition) is 2. The number of aliphatic hydroxyl groups is 1. The van der Waals surface area contributed by atoms with Crippen LogP contribution in [0, 0.1) is 0 Å². The van der Waals surface area contributed by atoms with Crippen LogP contribution in [0.2, 0.25) is 0 Å². The van der Waals surface area contributed by atoms with Gasteiger partial charge in [0, 0.05) is 9.86 Å². The van der Waals surface area contributed by atoms with Crippen molar-refractivity contribution in [2.24, 2.45) is 0 Å². The first-order valence-corrected chi connectivity index (χ1v) is 6.54. The summed E-state index contributed by atoms with van der Waals surface area (Å²) in [6.07, 6.45) is 0.675. The van der Waals surface area contributed by atoms with Gasteiger partial charge in [-0.15, -0.1) is 0 Å². The Kier molecular flexibility index (Phi) is 4.04. The first-order chi connectivity index (χ1) is 8.63. The number of halogens is 1. The summed E-state index contributed by atoms with van der Waals surface area (Å²) < 4.78 is 6.39. The molecule has 0 aliphatic heterocycles. The van der Waals surface area contributed by atoms with Crippen LogP contribution in [-0.2, 0) is 0 Å². The van der Waals surface area contributed by atoms with Crippen molar-refractivity contribution >= 4 is 32.8 Å². The largest absolute Gasteiger partial charge is 0.451 e. The van der Waals surface area contributed by atoms with Crippen molar-refractivity contribution in [1.82, 2.24) is 5.32 Å². The Morgan fingerprint density at radius 3 is 2.94 bits per heavy atom. The molecule has 0 saturated heterocycles. The van der Waals surface area contributed by atoms with E-state index in [1.165, 1.54) is 0 Å². The molecule has 1 aromatic heterocycles. The Morgan fingerprint density at radius 2 is 2.28 bits per heavy atom. The van der Waals surface area contributed by atoms with Gasteiger partial charge in [0.1, 0.15) is 5.58 Å². The Hall–Kier alpha value is -1.33. The molecule has 0 fully saturated rings. The van der Waals surface area contributed by atoms with E-state index < -0.39 is 0 Å². The fourth-order valence-corrected chi connectivity index (χ4v) is 2.04. The second kappa shape index (κ2) is 5.54. The smallest absolute Gasteiger partial charge is 0.287 e.